The summed E-state index contributed by atoms with van der Waals surface area (Å²) >= 11 is 0. The van der Waals surface area contributed by atoms with E-state index >= 15 is 0 Å². The van der Waals surface area contributed by atoms with E-state index in [0.29, 0.717) is 6.04 Å². The third-order valence-corrected chi connectivity index (χ3v) is 5.21. The van der Waals surface area contributed by atoms with Crippen LogP contribution < -0.4 is 10.6 Å². The van der Waals surface area contributed by atoms with Crippen molar-refractivity contribution < 1.29 is 0 Å². The van der Waals surface area contributed by atoms with Crippen LogP contribution in [0.3, 0.4) is 0 Å². The van der Waals surface area contributed by atoms with Gasteiger partial charge in [0.05, 0.1) is 0 Å². The molecule has 0 aliphatic carbocycles. The highest BCUT2D eigenvalue weighted by molar-refractivity contribution is 5.79. The molecule has 0 bridgehead atoms. The van der Waals surface area contributed by atoms with Crippen LogP contribution in [0.5, 0.6) is 0 Å². The maximum absolute atomic E-state index is 4.71. The van der Waals surface area contributed by atoms with E-state index in [2.05, 4.69) is 71.5 Å². The van der Waals surface area contributed by atoms with Crippen molar-refractivity contribution in [1.29, 1.82) is 0 Å². The van der Waals surface area contributed by atoms with Crippen LogP contribution in [0.15, 0.2) is 35.3 Å². The van der Waals surface area contributed by atoms with Gasteiger partial charge >= 0.3 is 0 Å². The van der Waals surface area contributed by atoms with E-state index in [1.54, 1.807) is 0 Å². The molecule has 1 aliphatic heterocycles. The molecule has 5 heteroatoms. The number of nitrogens with zero attached hydrogens (tertiary/aromatic N) is 3. The number of aliphatic imine (C=N–C) groups is 1. The second-order valence-electron chi connectivity index (χ2n) is 7.52. The number of hydrogen-bond donors (Lipinski definition) is 2. The van der Waals surface area contributed by atoms with E-state index in [1.165, 1.54) is 44.7 Å². The first-order valence-corrected chi connectivity index (χ1v) is 10.7. The van der Waals surface area contributed by atoms with Crippen LogP contribution in [-0.4, -0.2) is 67.6 Å². The van der Waals surface area contributed by atoms with Gasteiger partial charge in [-0.25, -0.2) is 0 Å². The van der Waals surface area contributed by atoms with Crippen molar-refractivity contribution in [3.8, 4) is 0 Å². The lowest BCUT2D eigenvalue weighted by Crippen LogP contribution is -2.46. The van der Waals surface area contributed by atoms with Crippen molar-refractivity contribution in [3.63, 3.8) is 0 Å². The molecule has 0 spiro atoms. The zero-order chi connectivity index (χ0) is 19.3. The molecule has 1 aliphatic rings. The van der Waals surface area contributed by atoms with E-state index in [4.69, 9.17) is 4.99 Å². The minimum absolute atomic E-state index is 0.468. The van der Waals surface area contributed by atoms with Crippen LogP contribution in [0.4, 0.5) is 0 Å². The van der Waals surface area contributed by atoms with Crippen LogP contribution in [0.25, 0.3) is 0 Å². The lowest BCUT2D eigenvalue weighted by atomic mass is 10.2. The van der Waals surface area contributed by atoms with Gasteiger partial charge < -0.3 is 15.5 Å². The van der Waals surface area contributed by atoms with Crippen molar-refractivity contribution in [2.75, 3.05) is 45.8 Å². The summed E-state index contributed by atoms with van der Waals surface area (Å²) in [5.74, 6) is 0.960. The monoisotopic (exact) mass is 373 g/mol. The fraction of sp³-hybridized carbons (Fsp3) is 0.682. The molecule has 0 amide bonds. The van der Waals surface area contributed by atoms with E-state index in [1.807, 2.05) is 0 Å². The molecule has 152 valence electrons. The average molecular weight is 374 g/mol. The molecular weight excluding hydrogens is 334 g/mol. The van der Waals surface area contributed by atoms with Gasteiger partial charge in [0.2, 0.25) is 0 Å². The van der Waals surface area contributed by atoms with E-state index in [0.717, 1.165) is 38.4 Å². The Kier molecular flexibility index (Phi) is 10.2. The van der Waals surface area contributed by atoms with Crippen LogP contribution in [0, 0.1) is 0 Å². The Bertz CT molecular complexity index is 523. The highest BCUT2D eigenvalue weighted by atomic mass is 15.3. The molecule has 0 aromatic heterocycles. The summed E-state index contributed by atoms with van der Waals surface area (Å²) in [4.78, 5) is 9.88. The van der Waals surface area contributed by atoms with Gasteiger partial charge in [0, 0.05) is 51.9 Å². The lowest BCUT2D eigenvalue weighted by molar-refractivity contribution is 0.126. The summed E-state index contributed by atoms with van der Waals surface area (Å²) in [5, 5.41) is 6.79. The first-order valence-electron chi connectivity index (χ1n) is 10.7. The number of unbranched alkanes of at least 4 members (excludes halogenated alkanes) is 1. The predicted molar refractivity (Wildman–Crippen MR) is 116 cm³/mol. The van der Waals surface area contributed by atoms with Crippen molar-refractivity contribution in [3.05, 3.63) is 35.9 Å². The minimum atomic E-state index is 0.468. The minimum Gasteiger partial charge on any atom is -0.357 e. The SMILES string of the molecule is CCNC(=NCCCCN1CCN(Cc2ccccc2)CC1)NC(C)CC. The Labute approximate surface area is 166 Å². The Morgan fingerprint density at radius 3 is 2.41 bits per heavy atom. The fourth-order valence-electron chi connectivity index (χ4n) is 3.31. The highest BCUT2D eigenvalue weighted by Crippen LogP contribution is 2.09. The van der Waals surface area contributed by atoms with E-state index < -0.39 is 0 Å². The summed E-state index contributed by atoms with van der Waals surface area (Å²) in [5.41, 5.74) is 1.42. The largest absolute Gasteiger partial charge is 0.357 e. The van der Waals surface area contributed by atoms with Gasteiger partial charge in [0.25, 0.3) is 0 Å². The van der Waals surface area contributed by atoms with Gasteiger partial charge in [0.1, 0.15) is 0 Å². The second kappa shape index (κ2) is 12.7. The molecule has 1 aromatic carbocycles. The number of nitrogens with one attached hydrogen (secondary N) is 2. The molecule has 1 heterocycles. The number of guanidine groups is 1. The normalized spacial score (nSPS) is 17.7. The van der Waals surface area contributed by atoms with E-state index in [-0.39, 0.29) is 0 Å². The fourth-order valence-corrected chi connectivity index (χ4v) is 3.31. The molecule has 1 fully saturated rings. The predicted octanol–water partition coefficient (Wildman–Crippen LogP) is 2.94. The van der Waals surface area contributed by atoms with Gasteiger partial charge in [-0.15, -0.1) is 0 Å². The van der Waals surface area contributed by atoms with Gasteiger partial charge in [0.15, 0.2) is 5.96 Å². The molecule has 1 saturated heterocycles. The summed E-state index contributed by atoms with van der Waals surface area (Å²) in [6, 6.07) is 11.3. The average Bonchev–Trinajstić information content (AvgIpc) is 2.69. The lowest BCUT2D eigenvalue weighted by Gasteiger charge is -2.34. The van der Waals surface area contributed by atoms with Crippen molar-refractivity contribution in [2.24, 2.45) is 4.99 Å². The standard InChI is InChI=1S/C22H39N5/c1-4-20(3)25-22(23-5-2)24-13-9-10-14-26-15-17-27(18-16-26)19-21-11-7-6-8-12-21/h6-8,11-12,20H,4-5,9-10,13-19H2,1-3H3,(H2,23,24,25). The molecular formula is C22H39N5. The molecule has 5 nitrogen and oxygen atoms in total. The third kappa shape index (κ3) is 8.76. The summed E-state index contributed by atoms with van der Waals surface area (Å²) < 4.78 is 0. The number of rotatable bonds is 10. The van der Waals surface area contributed by atoms with Crippen molar-refractivity contribution >= 4 is 5.96 Å². The van der Waals surface area contributed by atoms with Gasteiger partial charge in [-0.2, -0.15) is 0 Å². The molecule has 0 radical (unpaired) electrons. The Balaban J connectivity index is 1.59. The third-order valence-electron chi connectivity index (χ3n) is 5.21. The molecule has 2 N–H and O–H groups in total. The molecule has 1 aromatic rings. The molecule has 1 unspecified atom stereocenters. The van der Waals surface area contributed by atoms with Crippen LogP contribution >= 0.6 is 0 Å². The van der Waals surface area contributed by atoms with Gasteiger partial charge in [-0.3, -0.25) is 9.89 Å². The topological polar surface area (TPSA) is 42.9 Å². The summed E-state index contributed by atoms with van der Waals surface area (Å²) in [6.07, 6.45) is 3.49. The van der Waals surface area contributed by atoms with Gasteiger partial charge in [-0.05, 0) is 45.2 Å². The van der Waals surface area contributed by atoms with Crippen molar-refractivity contribution in [1.82, 2.24) is 20.4 Å². The van der Waals surface area contributed by atoms with E-state index in [9.17, 15) is 0 Å². The number of hydrogen-bond acceptors (Lipinski definition) is 3. The zero-order valence-corrected chi connectivity index (χ0v) is 17.6. The van der Waals surface area contributed by atoms with Crippen LogP contribution in [0.1, 0.15) is 45.6 Å². The summed E-state index contributed by atoms with van der Waals surface area (Å²) in [6.45, 7) is 15.3. The molecule has 1 atom stereocenters. The smallest absolute Gasteiger partial charge is 0.191 e. The van der Waals surface area contributed by atoms with Gasteiger partial charge in [-0.1, -0.05) is 37.3 Å². The molecule has 27 heavy (non-hydrogen) atoms. The Morgan fingerprint density at radius 2 is 1.74 bits per heavy atom. The maximum Gasteiger partial charge on any atom is 0.191 e. The zero-order valence-electron chi connectivity index (χ0n) is 17.6. The maximum atomic E-state index is 4.71. The Morgan fingerprint density at radius 1 is 1.04 bits per heavy atom. The molecule has 2 rings (SSSR count). The second-order valence-corrected chi connectivity index (χ2v) is 7.52. The van der Waals surface area contributed by atoms with Crippen LogP contribution in [0.2, 0.25) is 0 Å². The number of benzene rings is 1. The van der Waals surface area contributed by atoms with Crippen molar-refractivity contribution in [2.45, 2.75) is 52.6 Å². The first kappa shape index (κ1) is 21.7. The highest BCUT2D eigenvalue weighted by Gasteiger charge is 2.16. The molecule has 0 saturated carbocycles. The first-order chi connectivity index (χ1) is 13.2. The Hall–Kier alpha value is -1.59. The summed E-state index contributed by atoms with van der Waals surface area (Å²) in [7, 11) is 0. The number of piperazine rings is 1. The quantitative estimate of drug-likeness (QED) is 0.376. The van der Waals surface area contributed by atoms with Crippen LogP contribution in [-0.2, 0) is 6.54 Å².